The van der Waals surface area contributed by atoms with Crippen molar-refractivity contribution in [2.24, 2.45) is 5.41 Å². The normalized spacial score (nSPS) is 23.5. The summed E-state index contributed by atoms with van der Waals surface area (Å²) in [5, 5.41) is 29.0. The fourth-order valence-electron chi connectivity index (χ4n) is 5.24. The van der Waals surface area contributed by atoms with Crippen molar-refractivity contribution in [3.8, 4) is 6.07 Å². The summed E-state index contributed by atoms with van der Waals surface area (Å²) in [6.07, 6.45) is 3.89. The van der Waals surface area contributed by atoms with Crippen molar-refractivity contribution < 1.29 is 14.6 Å². The third-order valence-electron chi connectivity index (χ3n) is 6.71. The summed E-state index contributed by atoms with van der Waals surface area (Å²) >= 11 is 12.6. The van der Waals surface area contributed by atoms with Crippen molar-refractivity contribution >= 4 is 29.1 Å². The maximum atomic E-state index is 13.8. The van der Waals surface area contributed by atoms with Gasteiger partial charge in [0.25, 0.3) is 5.91 Å². The second-order valence-corrected chi connectivity index (χ2v) is 11.4. The average Bonchev–Trinajstić information content (AvgIpc) is 3.41. The first-order valence-electron chi connectivity index (χ1n) is 12.1. The summed E-state index contributed by atoms with van der Waals surface area (Å²) < 4.78 is 1.52. The van der Waals surface area contributed by atoms with Gasteiger partial charge >= 0.3 is 0 Å². The molecule has 1 amide bonds. The van der Waals surface area contributed by atoms with Crippen molar-refractivity contribution in [3.63, 3.8) is 0 Å². The number of aromatic nitrogens is 3. The first-order valence-corrected chi connectivity index (χ1v) is 12.9. The number of aliphatic hydroxyl groups is 1. The molecule has 0 spiro atoms. The van der Waals surface area contributed by atoms with Gasteiger partial charge in [-0.2, -0.15) is 10.7 Å². The molecule has 1 aliphatic heterocycles. The Balaban J connectivity index is 1.85. The second-order valence-electron chi connectivity index (χ2n) is 10.6. The molecule has 0 radical (unpaired) electrons. The molecule has 0 saturated carbocycles. The first kappa shape index (κ1) is 27.1. The summed E-state index contributed by atoms with van der Waals surface area (Å²) in [6.45, 7) is 6.58. The zero-order chi connectivity index (χ0) is 26.8. The number of hydrogen-bond acceptors (Lipinski definition) is 5. The van der Waals surface area contributed by atoms with Gasteiger partial charge < -0.3 is 10.4 Å². The van der Waals surface area contributed by atoms with Gasteiger partial charge in [0.05, 0.1) is 18.7 Å². The zero-order valence-electron chi connectivity index (χ0n) is 21.0. The molecule has 1 fully saturated rings. The van der Waals surface area contributed by atoms with Crippen LogP contribution in [0.5, 0.6) is 0 Å². The monoisotopic (exact) mass is 541 g/mol. The predicted octanol–water partition coefficient (Wildman–Crippen LogP) is 3.56. The molecule has 10 heteroatoms. The molecule has 0 aliphatic carbocycles. The number of amides is 1. The van der Waals surface area contributed by atoms with Crippen molar-refractivity contribution in [3.05, 3.63) is 82.1 Å². The van der Waals surface area contributed by atoms with Crippen LogP contribution in [0.4, 0.5) is 0 Å². The van der Waals surface area contributed by atoms with Gasteiger partial charge in [-0.1, -0.05) is 68.2 Å². The summed E-state index contributed by atoms with van der Waals surface area (Å²) in [4.78, 5) is 15.1. The Morgan fingerprint density at radius 3 is 2.59 bits per heavy atom. The molecule has 194 valence electrons. The van der Waals surface area contributed by atoms with Gasteiger partial charge in [0, 0.05) is 22.0 Å². The number of hydrogen-bond donors (Lipinski definition) is 3. The van der Waals surface area contributed by atoms with Gasteiger partial charge in [0.1, 0.15) is 17.2 Å². The van der Waals surface area contributed by atoms with Crippen LogP contribution in [0.1, 0.15) is 44.2 Å². The number of aliphatic hydroxyl groups excluding tert-OH is 1. The molecule has 4 atom stereocenters. The highest BCUT2D eigenvalue weighted by Gasteiger charge is 2.59. The van der Waals surface area contributed by atoms with E-state index < -0.39 is 17.4 Å². The summed E-state index contributed by atoms with van der Waals surface area (Å²) in [5.74, 6) is -0.904. The van der Waals surface area contributed by atoms with E-state index in [2.05, 4.69) is 42.8 Å². The summed E-state index contributed by atoms with van der Waals surface area (Å²) in [7, 11) is 0. The molecule has 8 nitrogen and oxygen atoms in total. The van der Waals surface area contributed by atoms with Crippen LogP contribution in [-0.2, 0) is 16.8 Å². The standard InChI is InChI=1S/C27H30Cl2N6O2/c1-26(2,3)16-22-27(17-30,19-7-9-20(28)10-8-19)23(18-5-4-6-21(29)15-18)24(31-22)25(37)32-35-12-11-34(33-35)13-14-36/h4-12,15,22-24,31,36H,13-14,16H2,1-3H3/p+1/t22-,23-,24+,27-/m0/s1. The Kier molecular flexibility index (Phi) is 7.91. The Morgan fingerprint density at radius 1 is 1.24 bits per heavy atom. The Bertz CT molecular complexity index is 1300. The van der Waals surface area contributed by atoms with Crippen molar-refractivity contribution in [2.45, 2.75) is 57.2 Å². The van der Waals surface area contributed by atoms with Crippen LogP contribution in [-0.4, -0.2) is 39.7 Å². The van der Waals surface area contributed by atoms with Crippen LogP contribution in [0, 0.1) is 16.7 Å². The van der Waals surface area contributed by atoms with Gasteiger partial charge in [0.15, 0.2) is 12.4 Å². The van der Waals surface area contributed by atoms with E-state index in [0.29, 0.717) is 23.0 Å². The molecular formula is C27H31Cl2N6O2+. The molecule has 0 bridgehead atoms. The van der Waals surface area contributed by atoms with Crippen LogP contribution in [0.2, 0.25) is 10.0 Å². The van der Waals surface area contributed by atoms with E-state index in [1.165, 1.54) is 9.47 Å². The smallest absolute Gasteiger partial charge is 0.274 e. The van der Waals surface area contributed by atoms with Crippen LogP contribution >= 0.6 is 23.2 Å². The first-order chi connectivity index (χ1) is 17.6. The second kappa shape index (κ2) is 10.8. The lowest BCUT2D eigenvalue weighted by atomic mass is 9.63. The minimum atomic E-state index is -1.09. The minimum absolute atomic E-state index is 0.0725. The van der Waals surface area contributed by atoms with Crippen molar-refractivity contribution in [2.75, 3.05) is 12.0 Å². The Labute approximate surface area is 226 Å². The van der Waals surface area contributed by atoms with E-state index in [1.54, 1.807) is 30.6 Å². The SMILES string of the molecule is CC(C)(C)C[C@@H]1N[C@@H](C(=O)Nn2cc[n+](CCO)n2)[C@H](c2cccc(Cl)c2)[C@@]1(C#N)c1ccc(Cl)cc1. The van der Waals surface area contributed by atoms with Gasteiger partial charge in [-0.3, -0.25) is 4.79 Å². The molecule has 4 rings (SSSR count). The van der Waals surface area contributed by atoms with Crippen LogP contribution < -0.4 is 15.4 Å². The highest BCUT2D eigenvalue weighted by Crippen LogP contribution is 2.51. The molecule has 1 aliphatic rings. The third-order valence-corrected chi connectivity index (χ3v) is 7.20. The van der Waals surface area contributed by atoms with Gasteiger partial charge in [-0.25, -0.2) is 0 Å². The molecule has 3 N–H and O–H groups in total. The number of nitrogens with one attached hydrogen (secondary N) is 2. The van der Waals surface area contributed by atoms with E-state index in [0.717, 1.165) is 11.1 Å². The highest BCUT2D eigenvalue weighted by atomic mass is 35.5. The minimum Gasteiger partial charge on any atom is -0.392 e. The number of nitrogens with zero attached hydrogens (tertiary/aromatic N) is 4. The molecule has 0 unspecified atom stereocenters. The van der Waals surface area contributed by atoms with E-state index in [9.17, 15) is 15.2 Å². The fourth-order valence-corrected chi connectivity index (χ4v) is 5.57. The maximum Gasteiger partial charge on any atom is 0.274 e. The molecule has 2 heterocycles. The third kappa shape index (κ3) is 5.65. The lowest BCUT2D eigenvalue weighted by Crippen LogP contribution is -2.46. The maximum absolute atomic E-state index is 13.8. The molecule has 3 aromatic rings. The molecule has 37 heavy (non-hydrogen) atoms. The van der Waals surface area contributed by atoms with Crippen molar-refractivity contribution in [1.29, 1.82) is 5.26 Å². The zero-order valence-corrected chi connectivity index (χ0v) is 22.5. The highest BCUT2D eigenvalue weighted by molar-refractivity contribution is 6.30. The van der Waals surface area contributed by atoms with Crippen molar-refractivity contribution in [1.82, 2.24) is 15.3 Å². The summed E-state index contributed by atoms with van der Waals surface area (Å²) in [6, 6.07) is 16.1. The number of benzene rings is 2. The van der Waals surface area contributed by atoms with Crippen LogP contribution in [0.25, 0.3) is 0 Å². The molecule has 2 aromatic carbocycles. The predicted molar refractivity (Wildman–Crippen MR) is 142 cm³/mol. The number of nitriles is 1. The average molecular weight is 542 g/mol. The Hall–Kier alpha value is -2.96. The van der Waals surface area contributed by atoms with E-state index in [4.69, 9.17) is 23.2 Å². The van der Waals surface area contributed by atoms with E-state index >= 15 is 0 Å². The van der Waals surface area contributed by atoms with Gasteiger partial charge in [-0.15, -0.1) is 4.68 Å². The molecular weight excluding hydrogens is 511 g/mol. The van der Waals surface area contributed by atoms with Gasteiger partial charge in [-0.05, 0) is 52.0 Å². The topological polar surface area (TPSA) is 107 Å². The number of carbonyl (C=O) groups excluding carboxylic acids is 1. The largest absolute Gasteiger partial charge is 0.392 e. The number of rotatable bonds is 7. The Morgan fingerprint density at radius 2 is 1.97 bits per heavy atom. The van der Waals surface area contributed by atoms with E-state index in [-0.39, 0.29) is 24.0 Å². The molecule has 1 saturated heterocycles. The van der Waals surface area contributed by atoms with Gasteiger partial charge in [0.2, 0.25) is 0 Å². The lowest BCUT2D eigenvalue weighted by Gasteiger charge is -2.37. The number of carbonyl (C=O) groups is 1. The lowest BCUT2D eigenvalue weighted by molar-refractivity contribution is -0.755. The van der Waals surface area contributed by atoms with Crippen LogP contribution in [0.3, 0.4) is 0 Å². The van der Waals surface area contributed by atoms with Crippen LogP contribution in [0.15, 0.2) is 60.9 Å². The quantitative estimate of drug-likeness (QED) is 0.396. The molecule has 1 aromatic heterocycles. The van der Waals surface area contributed by atoms with E-state index in [1.807, 2.05) is 30.3 Å². The fraction of sp³-hybridized carbons (Fsp3) is 0.407. The number of halogens is 2. The summed E-state index contributed by atoms with van der Waals surface area (Å²) in [5.41, 5.74) is 3.16.